The van der Waals surface area contributed by atoms with Gasteiger partial charge in [0.25, 0.3) is 0 Å². The number of benzene rings is 1. The summed E-state index contributed by atoms with van der Waals surface area (Å²) in [7, 11) is 3.80. The second kappa shape index (κ2) is 6.77. The number of ether oxygens (including phenoxy) is 1. The van der Waals surface area contributed by atoms with Crippen molar-refractivity contribution in [2.24, 2.45) is 0 Å². The van der Waals surface area contributed by atoms with Crippen molar-refractivity contribution in [2.45, 2.75) is 19.5 Å². The Morgan fingerprint density at radius 1 is 1.47 bits per heavy atom. The predicted octanol–water partition coefficient (Wildman–Crippen LogP) is 2.46. The molecule has 4 heteroatoms. The molecule has 0 spiro atoms. The van der Waals surface area contributed by atoms with Crippen LogP contribution >= 0.6 is 11.8 Å². The van der Waals surface area contributed by atoms with Crippen LogP contribution in [0, 0.1) is 0 Å². The van der Waals surface area contributed by atoms with Gasteiger partial charge in [0, 0.05) is 24.0 Å². The summed E-state index contributed by atoms with van der Waals surface area (Å²) in [5.74, 6) is 1.99. The number of hydrogen-bond acceptors (Lipinski definition) is 4. The summed E-state index contributed by atoms with van der Waals surface area (Å²) in [6.45, 7) is 3.08. The Morgan fingerprint density at radius 3 is 2.76 bits per heavy atom. The quantitative estimate of drug-likeness (QED) is 0.792. The van der Waals surface area contributed by atoms with Gasteiger partial charge < -0.3 is 10.5 Å². The van der Waals surface area contributed by atoms with E-state index in [4.69, 9.17) is 10.5 Å². The van der Waals surface area contributed by atoms with Crippen LogP contribution in [0.5, 0.6) is 5.75 Å². The van der Waals surface area contributed by atoms with E-state index in [9.17, 15) is 0 Å². The van der Waals surface area contributed by atoms with Crippen molar-refractivity contribution in [2.75, 3.05) is 31.9 Å². The molecule has 0 aliphatic rings. The van der Waals surface area contributed by atoms with Gasteiger partial charge in [-0.25, -0.2) is 0 Å². The van der Waals surface area contributed by atoms with Gasteiger partial charge in [-0.15, -0.1) is 0 Å². The minimum absolute atomic E-state index is 0.538. The monoisotopic (exact) mass is 254 g/mol. The summed E-state index contributed by atoms with van der Waals surface area (Å²) >= 11 is 1.86. The van der Waals surface area contributed by atoms with Gasteiger partial charge in [-0.1, -0.05) is 0 Å². The fourth-order valence-electron chi connectivity index (χ4n) is 1.64. The smallest absolute Gasteiger partial charge is 0.119 e. The lowest BCUT2D eigenvalue weighted by Crippen LogP contribution is -2.30. The lowest BCUT2D eigenvalue weighted by Gasteiger charge is -2.24. The highest BCUT2D eigenvalue weighted by Gasteiger charge is 2.11. The largest absolute Gasteiger partial charge is 0.497 e. The second-order valence-electron chi connectivity index (χ2n) is 4.28. The molecule has 0 aliphatic carbocycles. The molecule has 17 heavy (non-hydrogen) atoms. The molecule has 1 atom stereocenters. The molecule has 1 rings (SSSR count). The van der Waals surface area contributed by atoms with Gasteiger partial charge in [-0.3, -0.25) is 4.90 Å². The fraction of sp³-hybridized carbons (Fsp3) is 0.538. The highest BCUT2D eigenvalue weighted by Crippen LogP contribution is 2.21. The highest BCUT2D eigenvalue weighted by molar-refractivity contribution is 7.98. The van der Waals surface area contributed by atoms with Crippen LogP contribution in [0.2, 0.25) is 0 Å². The zero-order valence-corrected chi connectivity index (χ0v) is 11.9. The first-order valence-electron chi connectivity index (χ1n) is 5.70. The van der Waals surface area contributed by atoms with E-state index in [-0.39, 0.29) is 0 Å². The van der Waals surface area contributed by atoms with Crippen molar-refractivity contribution >= 4 is 17.4 Å². The van der Waals surface area contributed by atoms with E-state index < -0.39 is 0 Å². The van der Waals surface area contributed by atoms with E-state index in [1.54, 1.807) is 7.11 Å². The molecular formula is C13H22N2OS. The summed E-state index contributed by atoms with van der Waals surface area (Å²) in [5, 5.41) is 0. The van der Waals surface area contributed by atoms with Gasteiger partial charge >= 0.3 is 0 Å². The maximum atomic E-state index is 5.98. The fourth-order valence-corrected chi connectivity index (χ4v) is 2.38. The molecule has 96 valence electrons. The molecule has 0 aliphatic heterocycles. The van der Waals surface area contributed by atoms with Crippen molar-refractivity contribution in [3.8, 4) is 5.75 Å². The maximum absolute atomic E-state index is 5.98. The van der Waals surface area contributed by atoms with E-state index in [0.29, 0.717) is 6.04 Å². The molecule has 0 saturated carbocycles. The topological polar surface area (TPSA) is 38.5 Å². The zero-order chi connectivity index (χ0) is 12.8. The Labute approximate surface area is 108 Å². The molecule has 0 aromatic heterocycles. The first-order valence-corrected chi connectivity index (χ1v) is 7.09. The number of anilines is 1. The Bertz CT molecular complexity index is 357. The van der Waals surface area contributed by atoms with Crippen LogP contribution in [0.15, 0.2) is 18.2 Å². The summed E-state index contributed by atoms with van der Waals surface area (Å²) in [4.78, 5) is 2.31. The van der Waals surface area contributed by atoms with Gasteiger partial charge in [0.1, 0.15) is 5.75 Å². The Hall–Kier alpha value is -0.870. The van der Waals surface area contributed by atoms with Crippen molar-refractivity contribution in [3.05, 3.63) is 23.8 Å². The molecule has 0 radical (unpaired) electrons. The Morgan fingerprint density at radius 2 is 2.18 bits per heavy atom. The zero-order valence-electron chi connectivity index (χ0n) is 11.1. The second-order valence-corrected chi connectivity index (χ2v) is 5.19. The van der Waals surface area contributed by atoms with Crippen LogP contribution in [0.25, 0.3) is 0 Å². The molecule has 3 nitrogen and oxygen atoms in total. The third-order valence-corrected chi connectivity index (χ3v) is 3.75. The number of thioether (sulfide) groups is 1. The maximum Gasteiger partial charge on any atom is 0.119 e. The van der Waals surface area contributed by atoms with Crippen molar-refractivity contribution in [1.82, 2.24) is 4.90 Å². The first-order chi connectivity index (χ1) is 8.08. The van der Waals surface area contributed by atoms with Crippen LogP contribution in [0.3, 0.4) is 0 Å². The highest BCUT2D eigenvalue weighted by atomic mass is 32.2. The van der Waals surface area contributed by atoms with Crippen molar-refractivity contribution in [1.29, 1.82) is 0 Å². The lowest BCUT2D eigenvalue weighted by molar-refractivity contribution is 0.270. The van der Waals surface area contributed by atoms with E-state index in [1.165, 1.54) is 0 Å². The molecule has 0 fully saturated rings. The number of methoxy groups -OCH3 is 1. The van der Waals surface area contributed by atoms with Crippen molar-refractivity contribution < 1.29 is 4.74 Å². The molecule has 0 heterocycles. The van der Waals surface area contributed by atoms with Gasteiger partial charge in [0.15, 0.2) is 0 Å². The van der Waals surface area contributed by atoms with Crippen LogP contribution < -0.4 is 10.5 Å². The third-order valence-electron chi connectivity index (χ3n) is 2.93. The molecule has 1 aromatic rings. The molecule has 0 bridgehead atoms. The van der Waals surface area contributed by atoms with Gasteiger partial charge in [0.2, 0.25) is 0 Å². The number of nitrogens with two attached hydrogens (primary N) is 1. The van der Waals surface area contributed by atoms with Gasteiger partial charge in [-0.2, -0.15) is 11.8 Å². The standard InChI is InChI=1S/C13H22N2OS/c1-10(9-17-4)15(2)8-11-7-12(16-3)5-6-13(11)14/h5-7,10H,8-9,14H2,1-4H3. The van der Waals surface area contributed by atoms with Crippen LogP contribution in [-0.2, 0) is 6.54 Å². The summed E-state index contributed by atoms with van der Waals surface area (Å²) in [5.41, 5.74) is 7.93. The van der Waals surface area contributed by atoms with Crippen molar-refractivity contribution in [3.63, 3.8) is 0 Å². The van der Waals surface area contributed by atoms with E-state index >= 15 is 0 Å². The van der Waals surface area contributed by atoms with Crippen LogP contribution in [0.1, 0.15) is 12.5 Å². The average molecular weight is 254 g/mol. The normalized spacial score (nSPS) is 12.8. The van der Waals surface area contributed by atoms with E-state index in [2.05, 4.69) is 25.1 Å². The van der Waals surface area contributed by atoms with E-state index in [0.717, 1.165) is 29.3 Å². The van der Waals surface area contributed by atoms with Crippen LogP contribution in [0.4, 0.5) is 5.69 Å². The minimum atomic E-state index is 0.538. The molecular weight excluding hydrogens is 232 g/mol. The molecule has 0 amide bonds. The summed E-state index contributed by atoms with van der Waals surface area (Å²) in [6, 6.07) is 6.35. The number of nitrogen functional groups attached to an aromatic ring is 1. The Kier molecular flexibility index (Phi) is 5.65. The SMILES string of the molecule is COc1ccc(N)c(CN(C)C(C)CSC)c1. The molecule has 2 N–H and O–H groups in total. The van der Waals surface area contributed by atoms with E-state index in [1.807, 2.05) is 30.0 Å². The minimum Gasteiger partial charge on any atom is -0.497 e. The summed E-state index contributed by atoms with van der Waals surface area (Å²) in [6.07, 6.45) is 2.13. The summed E-state index contributed by atoms with van der Waals surface area (Å²) < 4.78 is 5.22. The average Bonchev–Trinajstić information content (AvgIpc) is 2.32. The third kappa shape index (κ3) is 4.13. The molecule has 1 aromatic carbocycles. The number of hydrogen-bond donors (Lipinski definition) is 1. The first kappa shape index (κ1) is 14.2. The van der Waals surface area contributed by atoms with Gasteiger partial charge in [-0.05, 0) is 44.0 Å². The van der Waals surface area contributed by atoms with Crippen LogP contribution in [-0.4, -0.2) is 37.1 Å². The lowest BCUT2D eigenvalue weighted by atomic mass is 10.1. The number of rotatable bonds is 6. The Balaban J connectivity index is 2.73. The van der Waals surface area contributed by atoms with Gasteiger partial charge in [0.05, 0.1) is 7.11 Å². The molecule has 0 saturated heterocycles. The predicted molar refractivity (Wildman–Crippen MR) is 76.7 cm³/mol. The molecule has 1 unspecified atom stereocenters. The number of nitrogens with zero attached hydrogens (tertiary/aromatic N) is 1.